The molecule has 2 unspecified atom stereocenters. The molecule has 0 bridgehead atoms. The number of esters is 1. The second kappa shape index (κ2) is 21.5. The Morgan fingerprint density at radius 2 is 1.18 bits per heavy atom. The molecule has 1 N–H and O–H groups in total. The first-order valence-corrected chi connectivity index (χ1v) is 28.6. The molecule has 11 rings (SSSR count). The molecule has 12 heteroatoms. The highest BCUT2D eigenvalue weighted by Gasteiger charge is 2.54. The molecule has 4 aliphatic heterocycles. The van der Waals surface area contributed by atoms with Crippen molar-refractivity contribution in [1.29, 1.82) is 0 Å². The number of hydrogen-bond donors (Lipinski definition) is 1. The van der Waals surface area contributed by atoms with Gasteiger partial charge in [0.15, 0.2) is 5.60 Å². The summed E-state index contributed by atoms with van der Waals surface area (Å²) in [5, 5.41) is 14.1. The molecule has 7 aromatic rings. The largest absolute Gasteiger partial charge is 1.00 e. The zero-order valence-electron chi connectivity index (χ0n) is 43.8. The Balaban J connectivity index is 0.00000657. The van der Waals surface area contributed by atoms with Crippen molar-refractivity contribution in [3.05, 3.63) is 198 Å². The van der Waals surface area contributed by atoms with Crippen LogP contribution in [-0.2, 0) is 19.9 Å². The van der Waals surface area contributed by atoms with E-state index in [0.29, 0.717) is 69.0 Å². The first-order valence-electron chi connectivity index (χ1n) is 26.6. The third-order valence-corrected chi connectivity index (χ3v) is 20.8. The number of rotatable bonds is 14. The Labute approximate surface area is 454 Å². The summed E-state index contributed by atoms with van der Waals surface area (Å²) in [7, 11) is 0.0114. The Hall–Kier alpha value is -7.13. The number of carbonyl (C=O) groups excluding carboxylic acids is 3. The number of anilines is 3. The van der Waals surface area contributed by atoms with Crippen LogP contribution in [-0.4, -0.2) is 84.2 Å². The number of aromatic hydroxyl groups is 1. The van der Waals surface area contributed by atoms with Crippen LogP contribution in [0.25, 0.3) is 0 Å². The summed E-state index contributed by atoms with van der Waals surface area (Å²) in [4.78, 5) is 49.8. The fourth-order valence-corrected chi connectivity index (χ4v) is 16.9. The normalized spacial score (nSPS) is 18.1. The first-order chi connectivity index (χ1) is 36.4. The van der Waals surface area contributed by atoms with Crippen molar-refractivity contribution in [2.75, 3.05) is 55.7 Å². The maximum absolute atomic E-state index is 13.9. The molecular weight excluding hydrogens is 987 g/mol. The van der Waals surface area contributed by atoms with E-state index in [1.54, 1.807) is 12.1 Å². The van der Waals surface area contributed by atoms with E-state index in [-0.39, 0.29) is 47.4 Å². The fraction of sp³-hybridized carbons (Fsp3) is 0.297. The minimum absolute atomic E-state index is 0. The van der Waals surface area contributed by atoms with Gasteiger partial charge in [-0.1, -0.05) is 79.7 Å². The van der Waals surface area contributed by atoms with Crippen LogP contribution < -0.4 is 42.9 Å². The summed E-state index contributed by atoms with van der Waals surface area (Å²) in [6, 6.07) is 57.8. The van der Waals surface area contributed by atoms with Gasteiger partial charge in [-0.25, -0.2) is 4.79 Å². The topological polar surface area (TPSA) is 103 Å². The summed E-state index contributed by atoms with van der Waals surface area (Å²) >= 11 is 0. The first kappa shape index (κ1) is 52.3. The zero-order chi connectivity index (χ0) is 51.9. The number of fused-ring (bicyclic) bond motifs is 7. The van der Waals surface area contributed by atoms with Gasteiger partial charge in [0.2, 0.25) is 11.8 Å². The average Bonchev–Trinajstić information content (AvgIpc) is 3.81. The van der Waals surface area contributed by atoms with E-state index in [9.17, 15) is 19.5 Å². The van der Waals surface area contributed by atoms with Crippen LogP contribution in [0.2, 0.25) is 0 Å². The molecule has 1 fully saturated rings. The van der Waals surface area contributed by atoms with Gasteiger partial charge in [-0.05, 0) is 136 Å². The second-order valence-corrected chi connectivity index (χ2v) is 24.9. The average molecular weight is 1050 g/mol. The molecule has 4 heterocycles. The Kier molecular flexibility index (Phi) is 14.8. The lowest BCUT2D eigenvalue weighted by atomic mass is 9.74. The Morgan fingerprint density at radius 3 is 1.79 bits per heavy atom. The van der Waals surface area contributed by atoms with Crippen molar-refractivity contribution in [2.24, 2.45) is 0 Å². The number of unbranched alkanes of at least 4 members (excludes halogenated alkanes) is 1. The smallest absolute Gasteiger partial charge is 0.340 e. The Bertz CT molecular complexity index is 3140. The van der Waals surface area contributed by atoms with Crippen LogP contribution in [0.4, 0.5) is 17.1 Å². The summed E-state index contributed by atoms with van der Waals surface area (Å²) < 4.78 is 13.6. The quantitative estimate of drug-likeness (QED) is 0.0659. The number of nitrogens with zero attached hydrogens (tertiary/aromatic N) is 4. The van der Waals surface area contributed by atoms with E-state index in [4.69, 9.17) is 9.47 Å². The number of phenolic OH excluding ortho intramolecular Hbond substituents is 1. The highest BCUT2D eigenvalue weighted by atomic mass is 35.5. The molecule has 1 spiro atoms. The molecule has 4 aliphatic rings. The second-order valence-electron chi connectivity index (χ2n) is 21.3. The molecule has 7 aromatic carbocycles. The number of piperazine rings is 1. The third kappa shape index (κ3) is 9.49. The predicted octanol–water partition coefficient (Wildman–Crippen LogP) is 8.44. The third-order valence-electron chi connectivity index (χ3n) is 16.3. The van der Waals surface area contributed by atoms with Crippen molar-refractivity contribution in [1.82, 2.24) is 9.80 Å². The van der Waals surface area contributed by atoms with Gasteiger partial charge in [0.25, 0.3) is 0 Å². The minimum atomic E-state index is -1.96. The van der Waals surface area contributed by atoms with Crippen molar-refractivity contribution in [2.45, 2.75) is 76.4 Å². The SMILES string of the molecule is CC1CC(C)(C)N(CCCC(=O)N2CCN(C(=O)CCCC[P+](c3ccccc3)(c3ccccc3)c3ccccc3)CC2)c2cc3c(cc21)C1(OC(=O)c2ccccc21)c1ccc(N(C)c2ccc(O)cc2)cc1O3.[Cl-]. The summed E-state index contributed by atoms with van der Waals surface area (Å²) in [6.07, 6.45) is 5.19. The predicted molar refractivity (Wildman–Crippen MR) is 302 cm³/mol. The van der Waals surface area contributed by atoms with E-state index in [1.165, 1.54) is 15.9 Å². The van der Waals surface area contributed by atoms with Gasteiger partial charge >= 0.3 is 5.97 Å². The number of hydrogen-bond acceptors (Lipinski definition) is 8. The summed E-state index contributed by atoms with van der Waals surface area (Å²) in [6.45, 7) is 9.65. The van der Waals surface area contributed by atoms with Crippen molar-refractivity contribution < 1.29 is 41.4 Å². The van der Waals surface area contributed by atoms with Crippen LogP contribution >= 0.6 is 7.26 Å². The van der Waals surface area contributed by atoms with Gasteiger partial charge in [-0.2, -0.15) is 0 Å². The monoisotopic (exact) mass is 1050 g/mol. The number of benzene rings is 7. The number of ether oxygens (including phenoxy) is 2. The maximum Gasteiger partial charge on any atom is 0.340 e. The molecule has 2 atom stereocenters. The molecule has 0 saturated carbocycles. The molecule has 390 valence electrons. The van der Waals surface area contributed by atoms with Crippen molar-refractivity contribution in [3.8, 4) is 17.2 Å². The lowest BCUT2D eigenvalue weighted by Gasteiger charge is -2.49. The van der Waals surface area contributed by atoms with E-state index >= 15 is 0 Å². The number of amides is 2. The van der Waals surface area contributed by atoms with E-state index in [2.05, 4.69) is 129 Å². The van der Waals surface area contributed by atoms with Gasteiger partial charge in [-0.15, -0.1) is 0 Å². The van der Waals surface area contributed by atoms with E-state index in [0.717, 1.165) is 64.7 Å². The lowest BCUT2D eigenvalue weighted by Crippen LogP contribution is -3.00. The van der Waals surface area contributed by atoms with Crippen LogP contribution in [0.15, 0.2) is 170 Å². The highest BCUT2D eigenvalue weighted by Crippen LogP contribution is 2.60. The molecule has 0 radical (unpaired) electrons. The van der Waals surface area contributed by atoms with Gasteiger partial charge in [-0.3, -0.25) is 9.59 Å². The zero-order valence-corrected chi connectivity index (χ0v) is 45.5. The molecular formula is C64H66ClN4O6P. The minimum Gasteiger partial charge on any atom is -1.00 e. The van der Waals surface area contributed by atoms with Crippen LogP contribution in [0.5, 0.6) is 17.2 Å². The van der Waals surface area contributed by atoms with Gasteiger partial charge in [0.1, 0.15) is 40.4 Å². The van der Waals surface area contributed by atoms with E-state index < -0.39 is 12.9 Å². The summed E-state index contributed by atoms with van der Waals surface area (Å²) in [5.74, 6) is 1.51. The van der Waals surface area contributed by atoms with Crippen LogP contribution in [0.3, 0.4) is 0 Å². The highest BCUT2D eigenvalue weighted by molar-refractivity contribution is 7.95. The van der Waals surface area contributed by atoms with Crippen molar-refractivity contribution >= 4 is 58.0 Å². The molecule has 10 nitrogen and oxygen atoms in total. The van der Waals surface area contributed by atoms with Gasteiger partial charge in [0, 0.05) is 104 Å². The van der Waals surface area contributed by atoms with Gasteiger partial charge in [0.05, 0.1) is 11.7 Å². The Morgan fingerprint density at radius 1 is 0.645 bits per heavy atom. The molecule has 0 aliphatic carbocycles. The standard InChI is InChI=1S/C64H65N4O6P.ClH/c1-45-44-63(2,3)68(57-43-59-56(42-53(45)57)64(54-26-15-14-25-52(54)62(72)74-64)55-34-31-47(41-58(55)73-59)65(4)46-29-32-48(69)33-30-46)35-18-28-61(71)67-38-36-66(37-39-67)60(70)27-16-17-40-75(49-19-8-5-9-20-49,50-21-10-6-11-22-50)51-23-12-7-13-24-51;/h5-15,19-26,29-34,41-43,45H,16-18,27-28,35-40,44H2,1-4H3;1H. The van der Waals surface area contributed by atoms with Crippen molar-refractivity contribution in [3.63, 3.8) is 0 Å². The molecule has 1 saturated heterocycles. The van der Waals surface area contributed by atoms with E-state index in [1.807, 2.05) is 76.3 Å². The van der Waals surface area contributed by atoms with Crippen LogP contribution in [0, 0.1) is 0 Å². The number of carbonyl (C=O) groups is 3. The fourth-order valence-electron chi connectivity index (χ4n) is 12.5. The van der Waals surface area contributed by atoms with Gasteiger partial charge < -0.3 is 46.6 Å². The van der Waals surface area contributed by atoms with Crippen LogP contribution in [0.1, 0.15) is 97.8 Å². The molecule has 76 heavy (non-hydrogen) atoms. The number of phenols is 1. The summed E-state index contributed by atoms with van der Waals surface area (Å²) in [5.41, 5.74) is 5.39. The molecule has 0 aromatic heterocycles. The number of halogens is 1. The maximum atomic E-state index is 13.9. The molecule has 2 amide bonds. The lowest BCUT2D eigenvalue weighted by molar-refractivity contribution is -0.139.